The third-order valence-electron chi connectivity index (χ3n) is 3.90. The number of nitro groups is 1. The van der Waals surface area contributed by atoms with Crippen LogP contribution in [-0.4, -0.2) is 35.8 Å². The number of nitrogens with zero attached hydrogens (tertiary/aromatic N) is 2. The number of benzene rings is 1. The number of nitrogens with one attached hydrogen (secondary N) is 1. The van der Waals surface area contributed by atoms with Gasteiger partial charge in [0.25, 0.3) is 5.69 Å². The summed E-state index contributed by atoms with van der Waals surface area (Å²) in [5.41, 5.74) is 1.81. The monoisotopic (exact) mass is 293 g/mol. The molecule has 6 heteroatoms. The van der Waals surface area contributed by atoms with Crippen molar-refractivity contribution in [1.29, 1.82) is 0 Å². The summed E-state index contributed by atoms with van der Waals surface area (Å²) in [6.07, 6.45) is 3.88. The Bertz CT molecular complexity index is 493. The summed E-state index contributed by atoms with van der Waals surface area (Å²) in [6, 6.07) is 5.58. The standard InChI is InChI=1S/C15H23N3O3/c1-2-16-12-9-14(11-15(10-12)18(20)21)17-7-3-5-13(17)6-4-8-19/h9-11,13,16,19H,2-8H2,1H3. The smallest absolute Gasteiger partial charge is 0.273 e. The molecule has 1 atom stereocenters. The van der Waals surface area contributed by atoms with Gasteiger partial charge in [0.05, 0.1) is 4.92 Å². The zero-order valence-corrected chi connectivity index (χ0v) is 12.4. The molecule has 1 heterocycles. The molecule has 1 aromatic rings. The molecule has 1 saturated heterocycles. The largest absolute Gasteiger partial charge is 0.396 e. The molecule has 0 saturated carbocycles. The second-order valence-corrected chi connectivity index (χ2v) is 5.38. The predicted octanol–water partition coefficient (Wildman–Crippen LogP) is 2.77. The van der Waals surface area contributed by atoms with Gasteiger partial charge in [-0.3, -0.25) is 10.1 Å². The van der Waals surface area contributed by atoms with Crippen molar-refractivity contribution < 1.29 is 10.0 Å². The van der Waals surface area contributed by atoms with Gasteiger partial charge in [0, 0.05) is 49.2 Å². The molecule has 1 aliphatic heterocycles. The lowest BCUT2D eigenvalue weighted by Crippen LogP contribution is -2.29. The fourth-order valence-electron chi connectivity index (χ4n) is 2.98. The molecule has 2 rings (SSSR count). The van der Waals surface area contributed by atoms with Crippen LogP contribution in [0, 0.1) is 10.1 Å². The van der Waals surface area contributed by atoms with Gasteiger partial charge < -0.3 is 15.3 Å². The Kier molecular flexibility index (Phi) is 5.38. The normalized spacial score (nSPS) is 18.0. The summed E-state index contributed by atoms with van der Waals surface area (Å²) < 4.78 is 0. The maximum absolute atomic E-state index is 11.1. The Morgan fingerprint density at radius 1 is 1.48 bits per heavy atom. The van der Waals surface area contributed by atoms with Crippen LogP contribution in [0.1, 0.15) is 32.6 Å². The first-order valence-corrected chi connectivity index (χ1v) is 7.56. The third-order valence-corrected chi connectivity index (χ3v) is 3.90. The van der Waals surface area contributed by atoms with Crippen molar-refractivity contribution >= 4 is 17.1 Å². The molecular formula is C15H23N3O3. The molecule has 6 nitrogen and oxygen atoms in total. The van der Waals surface area contributed by atoms with Crippen LogP contribution >= 0.6 is 0 Å². The number of non-ortho nitro benzene ring substituents is 1. The summed E-state index contributed by atoms with van der Waals surface area (Å²) in [5.74, 6) is 0. The Morgan fingerprint density at radius 3 is 2.95 bits per heavy atom. The van der Waals surface area contributed by atoms with Gasteiger partial charge in [0.2, 0.25) is 0 Å². The van der Waals surface area contributed by atoms with E-state index < -0.39 is 0 Å². The Labute approximate surface area is 124 Å². The summed E-state index contributed by atoms with van der Waals surface area (Å²) >= 11 is 0. The first-order chi connectivity index (χ1) is 10.2. The van der Waals surface area contributed by atoms with Crippen LogP contribution in [0.5, 0.6) is 0 Å². The highest BCUT2D eigenvalue weighted by Crippen LogP contribution is 2.33. The molecule has 0 aromatic heterocycles. The summed E-state index contributed by atoms with van der Waals surface area (Å²) in [7, 11) is 0. The molecule has 1 fully saturated rings. The first-order valence-electron chi connectivity index (χ1n) is 7.56. The van der Waals surface area contributed by atoms with Crippen LogP contribution in [0.25, 0.3) is 0 Å². The molecule has 0 aliphatic carbocycles. The van der Waals surface area contributed by atoms with Gasteiger partial charge in [0.15, 0.2) is 0 Å². The molecule has 2 N–H and O–H groups in total. The Balaban J connectivity index is 2.26. The second kappa shape index (κ2) is 7.26. The maximum atomic E-state index is 11.1. The van der Waals surface area contributed by atoms with Crippen molar-refractivity contribution in [3.05, 3.63) is 28.3 Å². The van der Waals surface area contributed by atoms with Gasteiger partial charge in [-0.1, -0.05) is 0 Å². The van der Waals surface area contributed by atoms with Crippen LogP contribution in [0.2, 0.25) is 0 Å². The van der Waals surface area contributed by atoms with Crippen LogP contribution in [0.15, 0.2) is 18.2 Å². The molecular weight excluding hydrogens is 270 g/mol. The van der Waals surface area contributed by atoms with Crippen molar-refractivity contribution in [1.82, 2.24) is 0 Å². The van der Waals surface area contributed by atoms with Crippen LogP contribution in [-0.2, 0) is 0 Å². The van der Waals surface area contributed by atoms with E-state index in [0.29, 0.717) is 6.04 Å². The predicted molar refractivity (Wildman–Crippen MR) is 83.9 cm³/mol. The minimum Gasteiger partial charge on any atom is -0.396 e. The zero-order valence-electron chi connectivity index (χ0n) is 12.4. The lowest BCUT2D eigenvalue weighted by atomic mass is 10.1. The van der Waals surface area contributed by atoms with Crippen LogP contribution in [0.3, 0.4) is 0 Å². The van der Waals surface area contributed by atoms with Crippen LogP contribution in [0.4, 0.5) is 17.1 Å². The lowest BCUT2D eigenvalue weighted by molar-refractivity contribution is -0.384. The molecule has 0 radical (unpaired) electrons. The van der Waals surface area contributed by atoms with Gasteiger partial charge >= 0.3 is 0 Å². The van der Waals surface area contributed by atoms with E-state index in [1.54, 1.807) is 12.1 Å². The average Bonchev–Trinajstić information content (AvgIpc) is 2.93. The highest BCUT2D eigenvalue weighted by Gasteiger charge is 2.25. The number of aliphatic hydroxyl groups excluding tert-OH is 1. The number of hydrogen-bond acceptors (Lipinski definition) is 5. The fraction of sp³-hybridized carbons (Fsp3) is 0.600. The first kappa shape index (κ1) is 15.6. The van der Waals surface area contributed by atoms with Gasteiger partial charge in [-0.25, -0.2) is 0 Å². The number of nitro benzene ring substituents is 1. The van der Waals surface area contributed by atoms with Gasteiger partial charge in [0.1, 0.15) is 0 Å². The summed E-state index contributed by atoms with van der Waals surface area (Å²) in [5, 5.41) is 23.3. The minimum atomic E-state index is -0.344. The van der Waals surface area contributed by atoms with Crippen molar-refractivity contribution in [2.24, 2.45) is 0 Å². The van der Waals surface area contributed by atoms with E-state index in [1.165, 1.54) is 0 Å². The quantitative estimate of drug-likeness (QED) is 0.597. The zero-order chi connectivity index (χ0) is 15.2. The van der Waals surface area contributed by atoms with E-state index >= 15 is 0 Å². The molecule has 1 unspecified atom stereocenters. The maximum Gasteiger partial charge on any atom is 0.273 e. The molecule has 116 valence electrons. The highest BCUT2D eigenvalue weighted by atomic mass is 16.6. The van der Waals surface area contributed by atoms with E-state index in [-0.39, 0.29) is 17.2 Å². The average molecular weight is 293 g/mol. The lowest BCUT2D eigenvalue weighted by Gasteiger charge is -2.27. The van der Waals surface area contributed by atoms with Crippen molar-refractivity contribution in [3.8, 4) is 0 Å². The van der Waals surface area contributed by atoms with Gasteiger partial charge in [-0.15, -0.1) is 0 Å². The van der Waals surface area contributed by atoms with E-state index in [2.05, 4.69) is 10.2 Å². The van der Waals surface area contributed by atoms with Crippen molar-refractivity contribution in [3.63, 3.8) is 0 Å². The number of hydrogen-bond donors (Lipinski definition) is 2. The Morgan fingerprint density at radius 2 is 2.29 bits per heavy atom. The molecule has 0 amide bonds. The number of rotatable bonds is 7. The minimum absolute atomic E-state index is 0.122. The summed E-state index contributed by atoms with van der Waals surface area (Å²) in [6.45, 7) is 3.82. The van der Waals surface area contributed by atoms with Gasteiger partial charge in [-0.2, -0.15) is 0 Å². The van der Waals surface area contributed by atoms with Crippen molar-refractivity contribution in [2.45, 2.75) is 38.6 Å². The van der Waals surface area contributed by atoms with E-state index in [9.17, 15) is 10.1 Å². The number of anilines is 2. The van der Waals surface area contributed by atoms with E-state index in [1.807, 2.05) is 13.0 Å². The fourth-order valence-corrected chi connectivity index (χ4v) is 2.98. The van der Waals surface area contributed by atoms with E-state index in [0.717, 1.165) is 50.1 Å². The number of aliphatic hydroxyl groups is 1. The highest BCUT2D eigenvalue weighted by molar-refractivity contribution is 5.65. The van der Waals surface area contributed by atoms with Crippen molar-refractivity contribution in [2.75, 3.05) is 29.9 Å². The molecule has 1 aromatic carbocycles. The topological polar surface area (TPSA) is 78.6 Å². The molecule has 0 spiro atoms. The molecule has 1 aliphatic rings. The second-order valence-electron chi connectivity index (χ2n) is 5.38. The van der Waals surface area contributed by atoms with Crippen LogP contribution < -0.4 is 10.2 Å². The van der Waals surface area contributed by atoms with E-state index in [4.69, 9.17) is 5.11 Å². The van der Waals surface area contributed by atoms with Gasteiger partial charge in [-0.05, 0) is 38.7 Å². The Hall–Kier alpha value is -1.82. The molecule has 21 heavy (non-hydrogen) atoms. The molecule has 0 bridgehead atoms. The third kappa shape index (κ3) is 3.85. The SMILES string of the molecule is CCNc1cc(N2CCCC2CCCO)cc([N+](=O)[O-])c1. The summed E-state index contributed by atoms with van der Waals surface area (Å²) in [4.78, 5) is 13.0.